The van der Waals surface area contributed by atoms with Gasteiger partial charge in [0.05, 0.1) is 13.3 Å². The SMILES string of the molecule is COc1ccc(NC(=O)CS(=O)(=O)C(C)C(=O)Nc2c(C#N)cnn2C)cc1. The van der Waals surface area contributed by atoms with Crippen molar-refractivity contribution in [1.29, 1.82) is 5.26 Å². The van der Waals surface area contributed by atoms with Crippen LogP contribution < -0.4 is 15.4 Å². The van der Waals surface area contributed by atoms with Gasteiger partial charge in [-0.3, -0.25) is 14.3 Å². The molecule has 1 unspecified atom stereocenters. The normalized spacial score (nSPS) is 11.9. The van der Waals surface area contributed by atoms with E-state index in [9.17, 15) is 18.0 Å². The third kappa shape index (κ3) is 4.86. The van der Waals surface area contributed by atoms with Crippen molar-refractivity contribution in [3.63, 3.8) is 0 Å². The quantitative estimate of drug-likeness (QED) is 0.689. The maximum atomic E-state index is 12.4. The molecule has 2 amide bonds. The number of hydrogen-bond acceptors (Lipinski definition) is 7. The molecule has 0 saturated carbocycles. The van der Waals surface area contributed by atoms with Gasteiger partial charge in [0.25, 0.3) is 0 Å². The Morgan fingerprint density at radius 2 is 1.93 bits per heavy atom. The van der Waals surface area contributed by atoms with E-state index >= 15 is 0 Å². The van der Waals surface area contributed by atoms with E-state index in [0.717, 1.165) is 0 Å². The first-order valence-electron chi connectivity index (χ1n) is 8.06. The second kappa shape index (κ2) is 8.53. The van der Waals surface area contributed by atoms with Crippen molar-refractivity contribution in [2.24, 2.45) is 7.05 Å². The Labute approximate surface area is 162 Å². The minimum absolute atomic E-state index is 0.0808. The van der Waals surface area contributed by atoms with E-state index in [1.807, 2.05) is 6.07 Å². The molecule has 0 saturated heterocycles. The van der Waals surface area contributed by atoms with E-state index in [1.165, 1.54) is 32.0 Å². The fourth-order valence-electron chi connectivity index (χ4n) is 2.23. The molecular weight excluding hydrogens is 386 g/mol. The lowest BCUT2D eigenvalue weighted by molar-refractivity contribution is -0.115. The maximum Gasteiger partial charge on any atom is 0.243 e. The Balaban J connectivity index is 2.03. The highest BCUT2D eigenvalue weighted by Gasteiger charge is 2.31. The number of hydrogen-bond donors (Lipinski definition) is 2. The molecule has 1 atom stereocenters. The molecule has 0 radical (unpaired) electrons. The molecule has 2 N–H and O–H groups in total. The van der Waals surface area contributed by atoms with Gasteiger partial charge in [-0.25, -0.2) is 8.42 Å². The van der Waals surface area contributed by atoms with Gasteiger partial charge >= 0.3 is 0 Å². The zero-order chi connectivity index (χ0) is 20.9. The van der Waals surface area contributed by atoms with Crippen LogP contribution >= 0.6 is 0 Å². The number of benzene rings is 1. The third-order valence-corrected chi connectivity index (χ3v) is 5.87. The Morgan fingerprint density at radius 1 is 1.29 bits per heavy atom. The van der Waals surface area contributed by atoms with Crippen molar-refractivity contribution >= 4 is 33.2 Å². The van der Waals surface area contributed by atoms with E-state index < -0.39 is 32.7 Å². The average molecular weight is 405 g/mol. The van der Waals surface area contributed by atoms with Crippen LogP contribution in [0.5, 0.6) is 5.75 Å². The standard InChI is InChI=1S/C17H19N5O5S/c1-11(17(24)21-16-12(8-18)9-19-22(16)2)28(25,26)10-15(23)20-13-4-6-14(27-3)7-5-13/h4-7,9,11H,10H2,1-3H3,(H,20,23)(H,21,24). The molecule has 0 fully saturated rings. The molecule has 2 aromatic rings. The van der Waals surface area contributed by atoms with Crippen LogP contribution in [0.1, 0.15) is 12.5 Å². The van der Waals surface area contributed by atoms with Crippen LogP contribution in [-0.4, -0.2) is 48.1 Å². The van der Waals surface area contributed by atoms with Crippen molar-refractivity contribution in [2.75, 3.05) is 23.5 Å². The molecule has 0 bridgehead atoms. The van der Waals surface area contributed by atoms with E-state index in [4.69, 9.17) is 10.00 Å². The Kier molecular flexibility index (Phi) is 6.37. The molecule has 0 aliphatic carbocycles. The summed E-state index contributed by atoms with van der Waals surface area (Å²) in [4.78, 5) is 24.4. The number of rotatable bonds is 7. The van der Waals surface area contributed by atoms with E-state index in [-0.39, 0.29) is 11.4 Å². The average Bonchev–Trinajstić information content (AvgIpc) is 3.00. The first-order chi connectivity index (χ1) is 13.2. The summed E-state index contributed by atoms with van der Waals surface area (Å²) in [6, 6.07) is 8.19. The van der Waals surface area contributed by atoms with Gasteiger partial charge in [0.1, 0.15) is 34.2 Å². The molecule has 28 heavy (non-hydrogen) atoms. The van der Waals surface area contributed by atoms with Crippen LogP contribution in [0.3, 0.4) is 0 Å². The molecule has 1 heterocycles. The minimum atomic E-state index is -4.09. The van der Waals surface area contributed by atoms with Crippen molar-refractivity contribution in [3.8, 4) is 11.8 Å². The summed E-state index contributed by atoms with van der Waals surface area (Å²) < 4.78 is 31.1. The van der Waals surface area contributed by atoms with Crippen LogP contribution in [0, 0.1) is 11.3 Å². The molecule has 0 spiro atoms. The summed E-state index contributed by atoms with van der Waals surface area (Å²) in [5, 5.41) is 16.1. The minimum Gasteiger partial charge on any atom is -0.497 e. The lowest BCUT2D eigenvalue weighted by Gasteiger charge is -2.14. The molecule has 2 rings (SSSR count). The summed E-state index contributed by atoms with van der Waals surface area (Å²) >= 11 is 0. The van der Waals surface area contributed by atoms with Crippen LogP contribution in [0.2, 0.25) is 0 Å². The molecule has 10 nitrogen and oxygen atoms in total. The van der Waals surface area contributed by atoms with Gasteiger partial charge in [0.2, 0.25) is 11.8 Å². The van der Waals surface area contributed by atoms with Gasteiger partial charge in [-0.05, 0) is 31.2 Å². The van der Waals surface area contributed by atoms with Crippen molar-refractivity contribution in [1.82, 2.24) is 9.78 Å². The van der Waals surface area contributed by atoms with E-state index in [1.54, 1.807) is 24.3 Å². The summed E-state index contributed by atoms with van der Waals surface area (Å²) in [5.41, 5.74) is 0.490. The lowest BCUT2D eigenvalue weighted by Crippen LogP contribution is -2.37. The number of carbonyl (C=O) groups excluding carboxylic acids is 2. The van der Waals surface area contributed by atoms with Crippen LogP contribution in [-0.2, 0) is 26.5 Å². The zero-order valence-corrected chi connectivity index (χ0v) is 16.3. The fourth-order valence-corrected chi connectivity index (χ4v) is 3.30. The van der Waals surface area contributed by atoms with Crippen molar-refractivity contribution < 1.29 is 22.7 Å². The van der Waals surface area contributed by atoms with Gasteiger partial charge in [-0.15, -0.1) is 0 Å². The first kappa shape index (κ1) is 20.9. The van der Waals surface area contributed by atoms with Gasteiger partial charge in [-0.2, -0.15) is 10.4 Å². The second-order valence-corrected chi connectivity index (χ2v) is 8.18. The summed E-state index contributed by atoms with van der Waals surface area (Å²) in [5.74, 6) is -1.84. The number of amides is 2. The summed E-state index contributed by atoms with van der Waals surface area (Å²) in [7, 11) is -1.09. The van der Waals surface area contributed by atoms with E-state index in [0.29, 0.717) is 11.4 Å². The van der Waals surface area contributed by atoms with Crippen molar-refractivity contribution in [3.05, 3.63) is 36.0 Å². The van der Waals surface area contributed by atoms with Crippen LogP contribution in [0.15, 0.2) is 30.5 Å². The zero-order valence-electron chi connectivity index (χ0n) is 15.5. The topological polar surface area (TPSA) is 143 Å². The number of ether oxygens (including phenoxy) is 1. The number of nitrogens with zero attached hydrogens (tertiary/aromatic N) is 3. The fraction of sp³-hybridized carbons (Fsp3) is 0.294. The number of aryl methyl sites for hydroxylation is 1. The van der Waals surface area contributed by atoms with Crippen molar-refractivity contribution in [2.45, 2.75) is 12.2 Å². The number of aromatic nitrogens is 2. The first-order valence-corrected chi connectivity index (χ1v) is 9.78. The van der Waals surface area contributed by atoms with Crippen LogP contribution in [0.25, 0.3) is 0 Å². The number of nitriles is 1. The summed E-state index contributed by atoms with van der Waals surface area (Å²) in [6.07, 6.45) is 1.25. The Morgan fingerprint density at radius 3 is 2.50 bits per heavy atom. The number of nitrogens with one attached hydrogen (secondary N) is 2. The molecular formula is C17H19N5O5S. The molecule has 1 aromatic heterocycles. The highest BCUT2D eigenvalue weighted by Crippen LogP contribution is 2.16. The predicted molar refractivity (Wildman–Crippen MR) is 101 cm³/mol. The van der Waals surface area contributed by atoms with Gasteiger partial charge in [-0.1, -0.05) is 0 Å². The number of sulfone groups is 1. The van der Waals surface area contributed by atoms with Gasteiger partial charge in [0, 0.05) is 12.7 Å². The third-order valence-electron chi connectivity index (χ3n) is 3.91. The molecule has 1 aromatic carbocycles. The lowest BCUT2D eigenvalue weighted by atomic mass is 10.3. The Bertz CT molecular complexity index is 1020. The molecule has 11 heteroatoms. The smallest absolute Gasteiger partial charge is 0.243 e. The van der Waals surface area contributed by atoms with Crippen LogP contribution in [0.4, 0.5) is 11.5 Å². The number of methoxy groups -OCH3 is 1. The molecule has 0 aliphatic rings. The van der Waals surface area contributed by atoms with Gasteiger partial charge in [0.15, 0.2) is 9.84 Å². The second-order valence-electron chi connectivity index (χ2n) is 5.86. The van der Waals surface area contributed by atoms with Gasteiger partial charge < -0.3 is 15.4 Å². The maximum absolute atomic E-state index is 12.4. The number of carbonyl (C=O) groups is 2. The number of anilines is 2. The molecule has 0 aliphatic heterocycles. The predicted octanol–water partition coefficient (Wildman–Crippen LogP) is 0.681. The van der Waals surface area contributed by atoms with E-state index in [2.05, 4.69) is 15.7 Å². The Hall–Kier alpha value is -3.39. The molecule has 148 valence electrons. The monoisotopic (exact) mass is 405 g/mol. The largest absolute Gasteiger partial charge is 0.497 e. The highest BCUT2D eigenvalue weighted by atomic mass is 32.2. The summed E-state index contributed by atoms with van der Waals surface area (Å²) in [6.45, 7) is 1.17. The highest BCUT2D eigenvalue weighted by molar-refractivity contribution is 7.93.